The van der Waals surface area contributed by atoms with Crippen molar-refractivity contribution in [1.82, 2.24) is 0 Å². The average molecular weight is 341 g/mol. The molecule has 1 aliphatic rings. The van der Waals surface area contributed by atoms with E-state index in [0.29, 0.717) is 6.61 Å². The van der Waals surface area contributed by atoms with Crippen LogP contribution >= 0.6 is 11.6 Å². The number of rotatable bonds is 9. The van der Waals surface area contributed by atoms with E-state index in [2.05, 4.69) is 22.9 Å². The zero-order valence-electron chi connectivity index (χ0n) is 13.9. The van der Waals surface area contributed by atoms with Crippen molar-refractivity contribution in [3.05, 3.63) is 34.3 Å². The number of unbranched alkanes of at least 4 members (excludes halogenated alkanes) is 4. The minimum Gasteiger partial charge on any atom is -0.438 e. The summed E-state index contributed by atoms with van der Waals surface area (Å²) in [4.78, 5) is 11.1. The molecule has 1 aromatic rings. The van der Waals surface area contributed by atoms with E-state index in [0.717, 1.165) is 36.3 Å². The topological polar surface area (TPSA) is 48.1 Å². The standard InChI is InChI=1S/C18H25ClO4/c1-14-9-10-15(12-16(14)19)8-6-4-3-5-7-11-18(13-22-18)23-17(20)21-2/h9-10,12H,3-8,11,13H2,1-2H3. The highest BCUT2D eigenvalue weighted by atomic mass is 35.5. The monoisotopic (exact) mass is 340 g/mol. The van der Waals surface area contributed by atoms with E-state index in [1.54, 1.807) is 0 Å². The number of halogens is 1. The zero-order chi connectivity index (χ0) is 16.7. The Labute approximate surface area is 143 Å². The van der Waals surface area contributed by atoms with Gasteiger partial charge in [-0.25, -0.2) is 4.79 Å². The van der Waals surface area contributed by atoms with Gasteiger partial charge in [-0.3, -0.25) is 0 Å². The van der Waals surface area contributed by atoms with Crippen LogP contribution in [0.4, 0.5) is 4.79 Å². The lowest BCUT2D eigenvalue weighted by molar-refractivity contribution is -0.0324. The van der Waals surface area contributed by atoms with E-state index in [4.69, 9.17) is 21.1 Å². The predicted octanol–water partition coefficient (Wildman–Crippen LogP) is 5.04. The van der Waals surface area contributed by atoms with Gasteiger partial charge in [0.2, 0.25) is 5.79 Å². The van der Waals surface area contributed by atoms with Crippen LogP contribution in [0.5, 0.6) is 0 Å². The van der Waals surface area contributed by atoms with E-state index >= 15 is 0 Å². The van der Waals surface area contributed by atoms with Gasteiger partial charge in [0.15, 0.2) is 0 Å². The molecule has 23 heavy (non-hydrogen) atoms. The fraction of sp³-hybridized carbons (Fsp3) is 0.611. The van der Waals surface area contributed by atoms with Gasteiger partial charge >= 0.3 is 6.16 Å². The molecule has 0 aliphatic carbocycles. The number of hydrogen-bond donors (Lipinski definition) is 0. The number of ether oxygens (including phenoxy) is 3. The third kappa shape index (κ3) is 6.04. The molecule has 128 valence electrons. The minimum absolute atomic E-state index is 0.482. The van der Waals surface area contributed by atoms with Gasteiger partial charge in [0, 0.05) is 11.4 Å². The molecule has 5 heteroatoms. The van der Waals surface area contributed by atoms with Crippen molar-refractivity contribution in [2.24, 2.45) is 0 Å². The van der Waals surface area contributed by atoms with Gasteiger partial charge in [-0.1, -0.05) is 43.0 Å². The minimum atomic E-state index is -0.703. The maximum Gasteiger partial charge on any atom is 0.510 e. The number of epoxide rings is 1. The Bertz CT molecular complexity index is 526. The molecule has 1 unspecified atom stereocenters. The summed E-state index contributed by atoms with van der Waals surface area (Å²) in [7, 11) is 1.31. The maximum atomic E-state index is 11.1. The number of carbonyl (C=O) groups is 1. The number of aryl methyl sites for hydroxylation is 2. The lowest BCUT2D eigenvalue weighted by atomic mass is 10.0. The van der Waals surface area contributed by atoms with Crippen LogP contribution in [-0.2, 0) is 20.6 Å². The first-order valence-electron chi connectivity index (χ1n) is 8.21. The van der Waals surface area contributed by atoms with Crippen molar-refractivity contribution < 1.29 is 19.0 Å². The van der Waals surface area contributed by atoms with Gasteiger partial charge < -0.3 is 14.2 Å². The Kier molecular flexibility index (Phi) is 6.72. The Hall–Kier alpha value is -1.26. The van der Waals surface area contributed by atoms with Crippen LogP contribution in [0.15, 0.2) is 18.2 Å². The lowest BCUT2D eigenvalue weighted by Gasteiger charge is -2.11. The number of benzene rings is 1. The smallest absolute Gasteiger partial charge is 0.438 e. The Morgan fingerprint density at radius 2 is 1.96 bits per heavy atom. The quantitative estimate of drug-likeness (QED) is 0.359. The fourth-order valence-electron chi connectivity index (χ4n) is 2.57. The second kappa shape index (κ2) is 8.55. The third-order valence-corrected chi connectivity index (χ3v) is 4.57. The molecule has 2 rings (SSSR count). The van der Waals surface area contributed by atoms with Crippen molar-refractivity contribution >= 4 is 17.8 Å². The van der Waals surface area contributed by atoms with Crippen LogP contribution in [0.3, 0.4) is 0 Å². The van der Waals surface area contributed by atoms with Crippen molar-refractivity contribution in [2.45, 2.75) is 57.7 Å². The molecule has 1 aromatic carbocycles. The van der Waals surface area contributed by atoms with Crippen molar-refractivity contribution in [3.63, 3.8) is 0 Å². The second-order valence-electron chi connectivity index (χ2n) is 6.11. The summed E-state index contributed by atoms with van der Waals surface area (Å²) in [6.45, 7) is 2.50. The summed E-state index contributed by atoms with van der Waals surface area (Å²) in [5.41, 5.74) is 2.43. The second-order valence-corrected chi connectivity index (χ2v) is 6.51. The molecular formula is C18H25ClO4. The van der Waals surface area contributed by atoms with Crippen molar-refractivity contribution in [1.29, 1.82) is 0 Å². The first kappa shape index (κ1) is 18.1. The van der Waals surface area contributed by atoms with E-state index in [1.165, 1.54) is 31.9 Å². The predicted molar refractivity (Wildman–Crippen MR) is 89.8 cm³/mol. The Morgan fingerprint density at radius 1 is 1.26 bits per heavy atom. The van der Waals surface area contributed by atoms with Gasteiger partial charge in [-0.05, 0) is 43.4 Å². The molecule has 0 saturated carbocycles. The number of hydrogen-bond acceptors (Lipinski definition) is 4. The molecule has 0 amide bonds. The Balaban J connectivity index is 1.53. The average Bonchev–Trinajstić information content (AvgIpc) is 3.29. The maximum absolute atomic E-state index is 11.1. The van der Waals surface area contributed by atoms with Gasteiger partial charge in [0.05, 0.1) is 7.11 Å². The first-order chi connectivity index (χ1) is 11.0. The molecular weight excluding hydrogens is 316 g/mol. The SMILES string of the molecule is COC(=O)OC1(CCCCCCCc2ccc(C)c(Cl)c2)CO1. The van der Waals surface area contributed by atoms with Crippen LogP contribution in [0.2, 0.25) is 5.02 Å². The molecule has 0 N–H and O–H groups in total. The molecule has 0 bridgehead atoms. The normalized spacial score (nSPS) is 19.4. The van der Waals surface area contributed by atoms with E-state index in [-0.39, 0.29) is 0 Å². The molecule has 0 spiro atoms. The highest BCUT2D eigenvalue weighted by Gasteiger charge is 2.49. The van der Waals surface area contributed by atoms with Gasteiger partial charge in [-0.15, -0.1) is 0 Å². The van der Waals surface area contributed by atoms with Gasteiger partial charge in [0.1, 0.15) is 6.61 Å². The van der Waals surface area contributed by atoms with Crippen LogP contribution in [-0.4, -0.2) is 25.7 Å². The highest BCUT2D eigenvalue weighted by Crippen LogP contribution is 2.34. The lowest BCUT2D eigenvalue weighted by Crippen LogP contribution is -2.21. The number of carbonyl (C=O) groups excluding carboxylic acids is 1. The molecule has 1 saturated heterocycles. The van der Waals surface area contributed by atoms with Crippen LogP contribution in [0.25, 0.3) is 0 Å². The molecule has 4 nitrogen and oxygen atoms in total. The van der Waals surface area contributed by atoms with E-state index in [9.17, 15) is 4.79 Å². The van der Waals surface area contributed by atoms with E-state index < -0.39 is 11.9 Å². The largest absolute Gasteiger partial charge is 0.510 e. The van der Waals surface area contributed by atoms with Crippen molar-refractivity contribution in [3.8, 4) is 0 Å². The van der Waals surface area contributed by atoms with Gasteiger partial charge in [0.25, 0.3) is 0 Å². The van der Waals surface area contributed by atoms with Crippen LogP contribution in [0.1, 0.15) is 49.7 Å². The molecule has 0 aromatic heterocycles. The first-order valence-corrected chi connectivity index (χ1v) is 8.58. The molecule has 1 heterocycles. The Morgan fingerprint density at radius 3 is 2.61 bits per heavy atom. The molecule has 1 fully saturated rings. The summed E-state index contributed by atoms with van der Waals surface area (Å²) < 4.78 is 14.8. The summed E-state index contributed by atoms with van der Waals surface area (Å²) in [5.74, 6) is -0.703. The van der Waals surface area contributed by atoms with Gasteiger partial charge in [-0.2, -0.15) is 0 Å². The van der Waals surface area contributed by atoms with Crippen molar-refractivity contribution in [2.75, 3.05) is 13.7 Å². The highest BCUT2D eigenvalue weighted by molar-refractivity contribution is 6.31. The summed E-state index contributed by atoms with van der Waals surface area (Å²) in [6.07, 6.45) is 6.79. The van der Waals surface area contributed by atoms with Crippen LogP contribution in [0, 0.1) is 6.92 Å². The molecule has 0 radical (unpaired) electrons. The third-order valence-electron chi connectivity index (χ3n) is 4.16. The summed E-state index contributed by atoms with van der Waals surface area (Å²) in [5, 5.41) is 0.850. The zero-order valence-corrected chi connectivity index (χ0v) is 14.7. The molecule has 1 aliphatic heterocycles. The summed E-state index contributed by atoms with van der Waals surface area (Å²) in [6, 6.07) is 6.29. The van der Waals surface area contributed by atoms with Crippen LogP contribution < -0.4 is 0 Å². The number of methoxy groups -OCH3 is 1. The van der Waals surface area contributed by atoms with E-state index in [1.807, 2.05) is 6.92 Å². The molecule has 1 atom stereocenters. The fourth-order valence-corrected chi connectivity index (χ4v) is 2.78. The summed E-state index contributed by atoms with van der Waals surface area (Å²) >= 11 is 6.13.